The first-order valence-electron chi connectivity index (χ1n) is 5.95. The quantitative estimate of drug-likeness (QED) is 0.684. The smallest absolute Gasteiger partial charge is 0.342 e. The molecule has 0 aliphatic rings. The number of ether oxygens (including phenoxy) is 2. The van der Waals surface area contributed by atoms with Crippen molar-refractivity contribution < 1.29 is 14.3 Å². The SMILES string of the molecule is CCOC(=O)c1cc(N)ccc1Oc1cncc(Br)c1. The number of benzene rings is 1. The lowest BCUT2D eigenvalue weighted by Crippen LogP contribution is -2.07. The Labute approximate surface area is 124 Å². The van der Waals surface area contributed by atoms with Crippen LogP contribution in [-0.4, -0.2) is 17.6 Å². The van der Waals surface area contributed by atoms with Gasteiger partial charge in [-0.15, -0.1) is 0 Å². The molecule has 1 aromatic carbocycles. The van der Waals surface area contributed by atoms with Gasteiger partial charge in [-0.25, -0.2) is 4.79 Å². The molecule has 0 amide bonds. The summed E-state index contributed by atoms with van der Waals surface area (Å²) in [4.78, 5) is 15.9. The molecule has 0 saturated heterocycles. The summed E-state index contributed by atoms with van der Waals surface area (Å²) in [7, 11) is 0. The fourth-order valence-corrected chi connectivity index (χ4v) is 1.92. The van der Waals surface area contributed by atoms with Crippen LogP contribution < -0.4 is 10.5 Å². The predicted octanol–water partition coefficient (Wildman–Crippen LogP) is 3.40. The van der Waals surface area contributed by atoms with Gasteiger partial charge in [0.2, 0.25) is 0 Å². The molecule has 0 fully saturated rings. The van der Waals surface area contributed by atoms with Crippen molar-refractivity contribution in [2.45, 2.75) is 6.92 Å². The van der Waals surface area contributed by atoms with E-state index >= 15 is 0 Å². The number of hydrogen-bond acceptors (Lipinski definition) is 5. The van der Waals surface area contributed by atoms with Gasteiger partial charge in [0.05, 0.1) is 12.8 Å². The molecule has 0 saturated carbocycles. The van der Waals surface area contributed by atoms with Crippen LogP contribution in [0.1, 0.15) is 17.3 Å². The van der Waals surface area contributed by atoms with E-state index < -0.39 is 5.97 Å². The number of aromatic nitrogens is 1. The molecule has 0 bridgehead atoms. The summed E-state index contributed by atoms with van der Waals surface area (Å²) in [5, 5.41) is 0. The van der Waals surface area contributed by atoms with Gasteiger partial charge in [0, 0.05) is 16.4 Å². The average molecular weight is 337 g/mol. The molecule has 104 valence electrons. The summed E-state index contributed by atoms with van der Waals surface area (Å²) in [6, 6.07) is 6.56. The van der Waals surface area contributed by atoms with Crippen LogP contribution in [-0.2, 0) is 4.74 Å². The third-order valence-electron chi connectivity index (χ3n) is 2.41. The van der Waals surface area contributed by atoms with Crippen LogP contribution >= 0.6 is 15.9 Å². The molecule has 6 heteroatoms. The van der Waals surface area contributed by atoms with Gasteiger partial charge in [-0.1, -0.05) is 0 Å². The molecule has 0 aliphatic carbocycles. The monoisotopic (exact) mass is 336 g/mol. The first kappa shape index (κ1) is 14.3. The van der Waals surface area contributed by atoms with E-state index in [1.165, 1.54) is 6.07 Å². The highest BCUT2D eigenvalue weighted by molar-refractivity contribution is 9.10. The molecule has 2 N–H and O–H groups in total. The molecule has 0 spiro atoms. The zero-order valence-corrected chi connectivity index (χ0v) is 12.4. The van der Waals surface area contributed by atoms with Gasteiger partial charge in [-0.05, 0) is 47.1 Å². The topological polar surface area (TPSA) is 74.4 Å². The van der Waals surface area contributed by atoms with Gasteiger partial charge >= 0.3 is 5.97 Å². The zero-order valence-electron chi connectivity index (χ0n) is 10.8. The Hall–Kier alpha value is -2.08. The number of esters is 1. The van der Waals surface area contributed by atoms with Crippen LogP contribution in [0.5, 0.6) is 11.5 Å². The molecular weight excluding hydrogens is 324 g/mol. The molecule has 1 heterocycles. The lowest BCUT2D eigenvalue weighted by Gasteiger charge is -2.11. The van der Waals surface area contributed by atoms with Gasteiger partial charge in [0.1, 0.15) is 17.1 Å². The summed E-state index contributed by atoms with van der Waals surface area (Å²) >= 11 is 3.31. The van der Waals surface area contributed by atoms with E-state index in [-0.39, 0.29) is 12.2 Å². The van der Waals surface area contributed by atoms with E-state index in [2.05, 4.69) is 20.9 Å². The highest BCUT2D eigenvalue weighted by Gasteiger charge is 2.15. The highest BCUT2D eigenvalue weighted by atomic mass is 79.9. The van der Waals surface area contributed by atoms with Crippen LogP contribution in [0.4, 0.5) is 5.69 Å². The van der Waals surface area contributed by atoms with E-state index in [4.69, 9.17) is 15.2 Å². The number of nitrogens with two attached hydrogens (primary N) is 1. The molecule has 20 heavy (non-hydrogen) atoms. The molecule has 2 aromatic rings. The van der Waals surface area contributed by atoms with Crippen LogP contribution in [0, 0.1) is 0 Å². The zero-order chi connectivity index (χ0) is 14.5. The number of halogens is 1. The largest absolute Gasteiger partial charge is 0.462 e. The van der Waals surface area contributed by atoms with E-state index in [1.807, 2.05) is 0 Å². The van der Waals surface area contributed by atoms with Crippen molar-refractivity contribution >= 4 is 27.6 Å². The van der Waals surface area contributed by atoms with E-state index in [0.717, 1.165) is 4.47 Å². The third kappa shape index (κ3) is 3.48. The molecule has 0 radical (unpaired) electrons. The number of rotatable bonds is 4. The maximum absolute atomic E-state index is 11.9. The Kier molecular flexibility index (Phi) is 4.57. The van der Waals surface area contributed by atoms with Crippen molar-refractivity contribution in [3.8, 4) is 11.5 Å². The Morgan fingerprint density at radius 3 is 2.85 bits per heavy atom. The number of pyridine rings is 1. The Morgan fingerprint density at radius 1 is 1.35 bits per heavy atom. The Balaban J connectivity index is 2.33. The third-order valence-corrected chi connectivity index (χ3v) is 2.84. The first-order chi connectivity index (χ1) is 9.60. The predicted molar refractivity (Wildman–Crippen MR) is 78.8 cm³/mol. The fraction of sp³-hybridized carbons (Fsp3) is 0.143. The first-order valence-corrected chi connectivity index (χ1v) is 6.74. The summed E-state index contributed by atoms with van der Waals surface area (Å²) in [5.41, 5.74) is 6.45. The molecular formula is C14H13BrN2O3. The number of nitrogen functional groups attached to an aromatic ring is 1. The molecule has 0 atom stereocenters. The number of carbonyl (C=O) groups excluding carboxylic acids is 1. The fourth-order valence-electron chi connectivity index (χ4n) is 1.58. The number of hydrogen-bond donors (Lipinski definition) is 1. The van der Waals surface area contributed by atoms with Crippen LogP contribution in [0.25, 0.3) is 0 Å². The minimum atomic E-state index is -0.474. The van der Waals surface area contributed by atoms with Crippen molar-refractivity contribution in [1.29, 1.82) is 0 Å². The number of anilines is 1. The summed E-state index contributed by atoms with van der Waals surface area (Å²) in [5.74, 6) is 0.407. The van der Waals surface area contributed by atoms with E-state index in [9.17, 15) is 4.79 Å². The van der Waals surface area contributed by atoms with Crippen LogP contribution in [0.3, 0.4) is 0 Å². The van der Waals surface area contributed by atoms with E-state index in [0.29, 0.717) is 17.2 Å². The van der Waals surface area contributed by atoms with Crippen LogP contribution in [0.15, 0.2) is 41.1 Å². The molecule has 2 rings (SSSR count). The maximum Gasteiger partial charge on any atom is 0.342 e. The van der Waals surface area contributed by atoms with Crippen molar-refractivity contribution in [1.82, 2.24) is 4.98 Å². The van der Waals surface area contributed by atoms with E-state index in [1.54, 1.807) is 37.5 Å². The average Bonchev–Trinajstić information content (AvgIpc) is 2.41. The van der Waals surface area contributed by atoms with Gasteiger partial charge < -0.3 is 15.2 Å². The minimum absolute atomic E-state index is 0.283. The molecule has 1 aromatic heterocycles. The summed E-state index contributed by atoms with van der Waals surface area (Å²) < 4.78 is 11.4. The minimum Gasteiger partial charge on any atom is -0.462 e. The van der Waals surface area contributed by atoms with Gasteiger partial charge in [-0.2, -0.15) is 0 Å². The summed E-state index contributed by atoms with van der Waals surface area (Å²) in [6.07, 6.45) is 3.19. The van der Waals surface area contributed by atoms with Gasteiger partial charge in [0.25, 0.3) is 0 Å². The molecule has 5 nitrogen and oxygen atoms in total. The maximum atomic E-state index is 11.9. The summed E-state index contributed by atoms with van der Waals surface area (Å²) in [6.45, 7) is 2.02. The van der Waals surface area contributed by atoms with Crippen molar-refractivity contribution in [2.24, 2.45) is 0 Å². The van der Waals surface area contributed by atoms with Gasteiger partial charge in [-0.3, -0.25) is 4.98 Å². The van der Waals surface area contributed by atoms with Gasteiger partial charge in [0.15, 0.2) is 0 Å². The lowest BCUT2D eigenvalue weighted by atomic mass is 10.2. The molecule has 0 aliphatic heterocycles. The van der Waals surface area contributed by atoms with Crippen LogP contribution in [0.2, 0.25) is 0 Å². The normalized spacial score (nSPS) is 10.1. The Morgan fingerprint density at radius 2 is 2.15 bits per heavy atom. The van der Waals surface area contributed by atoms with Crippen molar-refractivity contribution in [3.05, 3.63) is 46.7 Å². The standard InChI is InChI=1S/C14H13BrN2O3/c1-2-19-14(18)12-6-10(16)3-4-13(12)20-11-5-9(15)7-17-8-11/h3-8H,2,16H2,1H3. The second-order valence-corrected chi connectivity index (χ2v) is 4.83. The second-order valence-electron chi connectivity index (χ2n) is 3.92. The Bertz CT molecular complexity index is 632. The van der Waals surface area contributed by atoms with Crippen molar-refractivity contribution in [2.75, 3.05) is 12.3 Å². The lowest BCUT2D eigenvalue weighted by molar-refractivity contribution is 0.0523. The number of carbonyl (C=O) groups is 1. The highest BCUT2D eigenvalue weighted by Crippen LogP contribution is 2.28. The number of nitrogens with zero attached hydrogens (tertiary/aromatic N) is 1. The second kappa shape index (κ2) is 6.38. The van der Waals surface area contributed by atoms with Crippen molar-refractivity contribution in [3.63, 3.8) is 0 Å². The molecule has 0 unspecified atom stereocenters.